The summed E-state index contributed by atoms with van der Waals surface area (Å²) in [6.07, 6.45) is 2.81. The second-order valence-corrected chi connectivity index (χ2v) is 4.61. The average molecular weight is 268 g/mol. The molecule has 5 nitrogen and oxygen atoms in total. The van der Waals surface area contributed by atoms with Crippen molar-refractivity contribution in [2.24, 2.45) is 0 Å². The van der Waals surface area contributed by atoms with E-state index >= 15 is 0 Å². The Kier molecular flexibility index (Phi) is 3.25. The monoisotopic (exact) mass is 268 g/mol. The third-order valence-corrected chi connectivity index (χ3v) is 3.06. The first-order valence-electron chi connectivity index (χ1n) is 6.66. The Labute approximate surface area is 116 Å². The van der Waals surface area contributed by atoms with E-state index in [1.807, 2.05) is 24.3 Å². The van der Waals surface area contributed by atoms with Gasteiger partial charge < -0.3 is 10.4 Å². The van der Waals surface area contributed by atoms with E-state index in [-0.39, 0.29) is 5.75 Å². The van der Waals surface area contributed by atoms with Crippen LogP contribution < -0.4 is 5.32 Å². The van der Waals surface area contributed by atoms with Crippen LogP contribution in [-0.4, -0.2) is 26.2 Å². The molecule has 2 heterocycles. The number of fused-ring (bicyclic) bond motifs is 1. The lowest BCUT2D eigenvalue weighted by molar-refractivity contribution is 0.475. The van der Waals surface area contributed by atoms with Crippen molar-refractivity contribution < 1.29 is 5.11 Å². The van der Waals surface area contributed by atoms with Gasteiger partial charge >= 0.3 is 0 Å². The van der Waals surface area contributed by atoms with Crippen molar-refractivity contribution in [1.82, 2.24) is 14.6 Å². The Bertz CT molecular complexity index is 736. The first-order chi connectivity index (χ1) is 9.78. The number of imidazole rings is 1. The summed E-state index contributed by atoms with van der Waals surface area (Å²) in [5.41, 5.74) is 2.53. The summed E-state index contributed by atoms with van der Waals surface area (Å²) in [5, 5.41) is 17.4. The summed E-state index contributed by atoms with van der Waals surface area (Å²) in [5.74, 6) is 1.05. The summed E-state index contributed by atoms with van der Waals surface area (Å²) in [6, 6.07) is 10.9. The molecule has 0 atom stereocenters. The Morgan fingerprint density at radius 3 is 2.95 bits per heavy atom. The Balaban J connectivity index is 2.07. The summed E-state index contributed by atoms with van der Waals surface area (Å²) in [7, 11) is 0. The van der Waals surface area contributed by atoms with Gasteiger partial charge in [-0.25, -0.2) is 9.50 Å². The average Bonchev–Trinajstić information content (AvgIpc) is 2.88. The Morgan fingerprint density at radius 1 is 1.25 bits per heavy atom. The van der Waals surface area contributed by atoms with Gasteiger partial charge in [-0.1, -0.05) is 19.1 Å². The SMILES string of the molecule is CCCNc1ccc2ncc(-c3cccc(O)c3)n2n1. The highest BCUT2D eigenvalue weighted by Crippen LogP contribution is 2.24. The highest BCUT2D eigenvalue weighted by molar-refractivity contribution is 5.64. The van der Waals surface area contributed by atoms with Gasteiger partial charge in [-0.05, 0) is 30.7 Å². The van der Waals surface area contributed by atoms with Crippen LogP contribution in [0.5, 0.6) is 5.75 Å². The number of hydrogen-bond donors (Lipinski definition) is 2. The fourth-order valence-electron chi connectivity index (χ4n) is 2.08. The number of hydrogen-bond acceptors (Lipinski definition) is 4. The maximum absolute atomic E-state index is 9.59. The third-order valence-electron chi connectivity index (χ3n) is 3.06. The Hall–Kier alpha value is -2.56. The number of aromatic nitrogens is 3. The smallest absolute Gasteiger partial charge is 0.154 e. The van der Waals surface area contributed by atoms with Crippen molar-refractivity contribution in [2.75, 3.05) is 11.9 Å². The van der Waals surface area contributed by atoms with Crippen LogP contribution in [0.15, 0.2) is 42.6 Å². The first-order valence-corrected chi connectivity index (χ1v) is 6.66. The molecule has 0 unspecified atom stereocenters. The molecule has 0 saturated heterocycles. The number of aromatic hydroxyl groups is 1. The van der Waals surface area contributed by atoms with Gasteiger partial charge in [-0.2, -0.15) is 0 Å². The highest BCUT2D eigenvalue weighted by atomic mass is 16.3. The van der Waals surface area contributed by atoms with Gasteiger partial charge in [0.2, 0.25) is 0 Å². The number of phenols is 1. The molecule has 3 rings (SSSR count). The van der Waals surface area contributed by atoms with Crippen LogP contribution in [0, 0.1) is 0 Å². The number of phenolic OH excluding ortho intramolecular Hbond substituents is 1. The van der Waals surface area contributed by atoms with Crippen molar-refractivity contribution in [2.45, 2.75) is 13.3 Å². The van der Waals surface area contributed by atoms with Crippen LogP contribution in [-0.2, 0) is 0 Å². The van der Waals surface area contributed by atoms with Gasteiger partial charge in [0.1, 0.15) is 11.6 Å². The summed E-state index contributed by atoms with van der Waals surface area (Å²) in [4.78, 5) is 4.34. The first kappa shape index (κ1) is 12.5. The minimum Gasteiger partial charge on any atom is -0.508 e. The zero-order chi connectivity index (χ0) is 13.9. The molecule has 102 valence electrons. The van der Waals surface area contributed by atoms with Crippen LogP contribution in [0.1, 0.15) is 13.3 Å². The molecule has 0 spiro atoms. The van der Waals surface area contributed by atoms with Crippen molar-refractivity contribution >= 4 is 11.5 Å². The number of anilines is 1. The number of benzene rings is 1. The van der Waals surface area contributed by atoms with Crippen LogP contribution >= 0.6 is 0 Å². The summed E-state index contributed by atoms with van der Waals surface area (Å²) >= 11 is 0. The van der Waals surface area contributed by atoms with E-state index in [1.165, 1.54) is 0 Å². The van der Waals surface area contributed by atoms with E-state index < -0.39 is 0 Å². The molecule has 2 N–H and O–H groups in total. The molecule has 0 amide bonds. The molecule has 0 aliphatic carbocycles. The molecule has 0 fully saturated rings. The van der Waals surface area contributed by atoms with Gasteiger partial charge in [0, 0.05) is 12.1 Å². The topological polar surface area (TPSA) is 62.5 Å². The Morgan fingerprint density at radius 2 is 2.15 bits per heavy atom. The van der Waals surface area contributed by atoms with Crippen molar-refractivity contribution in [3.63, 3.8) is 0 Å². The molecule has 0 saturated carbocycles. The molecule has 2 aromatic heterocycles. The molecule has 0 aliphatic rings. The molecule has 0 radical (unpaired) electrons. The van der Waals surface area contributed by atoms with Crippen molar-refractivity contribution in [3.8, 4) is 17.0 Å². The lowest BCUT2D eigenvalue weighted by Gasteiger charge is -2.06. The summed E-state index contributed by atoms with van der Waals surface area (Å²) in [6.45, 7) is 3.00. The van der Waals surface area contributed by atoms with E-state index in [1.54, 1.807) is 22.8 Å². The number of nitrogens with one attached hydrogen (secondary N) is 1. The molecule has 3 aromatic rings. The third kappa shape index (κ3) is 2.30. The molecular weight excluding hydrogens is 252 g/mol. The van der Waals surface area contributed by atoms with E-state index in [2.05, 4.69) is 22.3 Å². The molecule has 20 heavy (non-hydrogen) atoms. The zero-order valence-corrected chi connectivity index (χ0v) is 11.2. The van der Waals surface area contributed by atoms with Gasteiger partial charge in [-0.15, -0.1) is 5.10 Å². The van der Waals surface area contributed by atoms with Gasteiger partial charge in [-0.3, -0.25) is 0 Å². The fraction of sp³-hybridized carbons (Fsp3) is 0.200. The number of rotatable bonds is 4. The van der Waals surface area contributed by atoms with Crippen LogP contribution in [0.25, 0.3) is 16.9 Å². The quantitative estimate of drug-likeness (QED) is 0.763. The second-order valence-electron chi connectivity index (χ2n) is 4.61. The molecule has 5 heteroatoms. The van der Waals surface area contributed by atoms with Crippen LogP contribution in [0.3, 0.4) is 0 Å². The van der Waals surface area contributed by atoms with Crippen molar-refractivity contribution in [3.05, 3.63) is 42.6 Å². The lowest BCUT2D eigenvalue weighted by Crippen LogP contribution is -2.05. The van der Waals surface area contributed by atoms with Gasteiger partial charge in [0.15, 0.2) is 5.65 Å². The minimum atomic E-state index is 0.234. The lowest BCUT2D eigenvalue weighted by atomic mass is 10.1. The van der Waals surface area contributed by atoms with E-state index in [4.69, 9.17) is 0 Å². The predicted molar refractivity (Wildman–Crippen MR) is 78.9 cm³/mol. The predicted octanol–water partition coefficient (Wildman–Crippen LogP) is 2.92. The van der Waals surface area contributed by atoms with E-state index in [0.717, 1.165) is 35.7 Å². The maximum Gasteiger partial charge on any atom is 0.154 e. The largest absolute Gasteiger partial charge is 0.508 e. The van der Waals surface area contributed by atoms with Crippen molar-refractivity contribution in [1.29, 1.82) is 0 Å². The van der Waals surface area contributed by atoms with Gasteiger partial charge in [0.05, 0.1) is 11.9 Å². The standard InChI is InChI=1S/C15H16N4O/c1-2-8-16-14-6-7-15-17-10-13(19(15)18-14)11-4-3-5-12(20)9-11/h3-7,9-10,20H,2,8H2,1H3,(H,16,18). The normalized spacial score (nSPS) is 10.8. The van der Waals surface area contributed by atoms with Crippen LogP contribution in [0.2, 0.25) is 0 Å². The van der Waals surface area contributed by atoms with E-state index in [0.29, 0.717) is 0 Å². The molecular formula is C15H16N4O. The van der Waals surface area contributed by atoms with Gasteiger partial charge in [0.25, 0.3) is 0 Å². The molecule has 1 aromatic carbocycles. The summed E-state index contributed by atoms with van der Waals surface area (Å²) < 4.78 is 1.78. The second kappa shape index (κ2) is 5.21. The molecule has 0 aliphatic heterocycles. The number of nitrogens with zero attached hydrogens (tertiary/aromatic N) is 3. The fourth-order valence-corrected chi connectivity index (χ4v) is 2.08. The maximum atomic E-state index is 9.59. The van der Waals surface area contributed by atoms with E-state index in [9.17, 15) is 5.11 Å². The van der Waals surface area contributed by atoms with Crippen LogP contribution in [0.4, 0.5) is 5.82 Å². The zero-order valence-electron chi connectivity index (χ0n) is 11.2. The minimum absolute atomic E-state index is 0.234. The highest BCUT2D eigenvalue weighted by Gasteiger charge is 2.08. The molecule has 0 bridgehead atoms.